The first-order valence-electron chi connectivity index (χ1n) is 5.31. The van der Waals surface area contributed by atoms with E-state index in [9.17, 15) is 5.11 Å². The van der Waals surface area contributed by atoms with Gasteiger partial charge in [-0.1, -0.05) is 0 Å². The zero-order valence-electron chi connectivity index (χ0n) is 8.17. The van der Waals surface area contributed by atoms with Gasteiger partial charge in [-0.3, -0.25) is 0 Å². The molecule has 0 radical (unpaired) electrons. The molecule has 0 aliphatic carbocycles. The molecule has 2 aliphatic heterocycles. The quantitative estimate of drug-likeness (QED) is 0.745. The summed E-state index contributed by atoms with van der Waals surface area (Å²) in [7, 11) is 0. The van der Waals surface area contributed by atoms with Gasteiger partial charge in [0, 0.05) is 6.54 Å². The van der Waals surface area contributed by atoms with E-state index in [2.05, 4.69) is 4.90 Å². The monoisotopic (exact) mass is 201 g/mol. The fourth-order valence-corrected chi connectivity index (χ4v) is 3.23. The number of thioether (sulfide) groups is 1. The SMILES string of the molecule is OC1(CCN2CCC2)CCSCC1. The zero-order valence-corrected chi connectivity index (χ0v) is 8.98. The lowest BCUT2D eigenvalue weighted by Crippen LogP contribution is -2.43. The maximum absolute atomic E-state index is 10.2. The average Bonchev–Trinajstić information content (AvgIpc) is 2.02. The Morgan fingerprint density at radius 2 is 1.92 bits per heavy atom. The predicted octanol–water partition coefficient (Wildman–Crippen LogP) is 1.34. The maximum Gasteiger partial charge on any atom is 0.0675 e. The normalized spacial score (nSPS) is 28.4. The van der Waals surface area contributed by atoms with Crippen molar-refractivity contribution < 1.29 is 5.11 Å². The number of nitrogens with zero attached hydrogens (tertiary/aromatic N) is 1. The molecule has 0 aromatic heterocycles. The lowest BCUT2D eigenvalue weighted by molar-refractivity contribution is 0.00768. The van der Waals surface area contributed by atoms with E-state index >= 15 is 0 Å². The Hall–Kier alpha value is 0.270. The molecule has 2 fully saturated rings. The summed E-state index contributed by atoms with van der Waals surface area (Å²) in [5.41, 5.74) is -0.319. The Balaban J connectivity index is 1.71. The molecule has 0 amide bonds. The number of hydrogen-bond acceptors (Lipinski definition) is 3. The fourth-order valence-electron chi connectivity index (χ4n) is 1.97. The molecule has 0 saturated carbocycles. The molecular formula is C10H19NOS. The molecule has 76 valence electrons. The van der Waals surface area contributed by atoms with Crippen LogP contribution in [0.4, 0.5) is 0 Å². The minimum atomic E-state index is -0.319. The van der Waals surface area contributed by atoms with E-state index in [-0.39, 0.29) is 5.60 Å². The second-order valence-electron chi connectivity index (χ2n) is 4.28. The summed E-state index contributed by atoms with van der Waals surface area (Å²) < 4.78 is 0. The van der Waals surface area contributed by atoms with Crippen molar-refractivity contribution in [1.82, 2.24) is 4.90 Å². The van der Waals surface area contributed by atoms with Gasteiger partial charge in [-0.05, 0) is 50.3 Å². The van der Waals surface area contributed by atoms with Crippen LogP contribution in [0.15, 0.2) is 0 Å². The van der Waals surface area contributed by atoms with Crippen LogP contribution in [0.1, 0.15) is 25.7 Å². The zero-order chi connectivity index (χ0) is 9.15. The highest BCUT2D eigenvalue weighted by atomic mass is 32.2. The Morgan fingerprint density at radius 1 is 1.23 bits per heavy atom. The van der Waals surface area contributed by atoms with Crippen molar-refractivity contribution in [3.8, 4) is 0 Å². The first-order chi connectivity index (χ1) is 6.29. The molecule has 2 heterocycles. The molecule has 0 aromatic rings. The van der Waals surface area contributed by atoms with Gasteiger partial charge >= 0.3 is 0 Å². The molecule has 13 heavy (non-hydrogen) atoms. The third-order valence-electron chi connectivity index (χ3n) is 3.27. The molecule has 0 atom stereocenters. The highest BCUT2D eigenvalue weighted by Crippen LogP contribution is 2.30. The minimum Gasteiger partial charge on any atom is -0.390 e. The highest BCUT2D eigenvalue weighted by molar-refractivity contribution is 7.99. The van der Waals surface area contributed by atoms with Crippen molar-refractivity contribution >= 4 is 11.8 Å². The van der Waals surface area contributed by atoms with Crippen molar-refractivity contribution in [1.29, 1.82) is 0 Å². The second kappa shape index (κ2) is 4.20. The van der Waals surface area contributed by atoms with Gasteiger partial charge in [0.05, 0.1) is 5.60 Å². The van der Waals surface area contributed by atoms with Gasteiger partial charge in [-0.25, -0.2) is 0 Å². The lowest BCUT2D eigenvalue weighted by atomic mass is 9.92. The molecule has 2 saturated heterocycles. The third kappa shape index (κ3) is 2.61. The molecule has 2 aliphatic rings. The van der Waals surface area contributed by atoms with Gasteiger partial charge in [-0.15, -0.1) is 0 Å². The molecule has 0 spiro atoms. The number of rotatable bonds is 3. The van der Waals surface area contributed by atoms with Crippen LogP contribution in [-0.4, -0.2) is 46.7 Å². The molecule has 3 heteroatoms. The van der Waals surface area contributed by atoms with Crippen LogP contribution < -0.4 is 0 Å². The lowest BCUT2D eigenvalue weighted by Gasteiger charge is -2.37. The number of aliphatic hydroxyl groups is 1. The Labute approximate surface area is 84.7 Å². The van der Waals surface area contributed by atoms with Gasteiger partial charge < -0.3 is 10.0 Å². The van der Waals surface area contributed by atoms with Gasteiger partial charge in [-0.2, -0.15) is 11.8 Å². The Morgan fingerprint density at radius 3 is 2.46 bits per heavy atom. The van der Waals surface area contributed by atoms with Crippen LogP contribution in [0.25, 0.3) is 0 Å². The van der Waals surface area contributed by atoms with E-state index in [0.717, 1.165) is 37.3 Å². The summed E-state index contributed by atoms with van der Waals surface area (Å²) in [6.45, 7) is 3.62. The summed E-state index contributed by atoms with van der Waals surface area (Å²) in [4.78, 5) is 2.44. The molecule has 1 N–H and O–H groups in total. The molecule has 0 unspecified atom stereocenters. The van der Waals surface area contributed by atoms with Crippen molar-refractivity contribution in [3.05, 3.63) is 0 Å². The highest BCUT2D eigenvalue weighted by Gasteiger charge is 2.30. The van der Waals surface area contributed by atoms with E-state index in [1.165, 1.54) is 19.5 Å². The summed E-state index contributed by atoms with van der Waals surface area (Å²) in [5, 5.41) is 10.2. The van der Waals surface area contributed by atoms with Gasteiger partial charge in [0.15, 0.2) is 0 Å². The molecular weight excluding hydrogens is 182 g/mol. The summed E-state index contributed by atoms with van der Waals surface area (Å²) in [5.74, 6) is 2.30. The van der Waals surface area contributed by atoms with Crippen LogP contribution >= 0.6 is 11.8 Å². The van der Waals surface area contributed by atoms with Gasteiger partial charge in [0.2, 0.25) is 0 Å². The first-order valence-corrected chi connectivity index (χ1v) is 6.47. The van der Waals surface area contributed by atoms with E-state index in [1.807, 2.05) is 11.8 Å². The summed E-state index contributed by atoms with van der Waals surface area (Å²) in [6, 6.07) is 0. The van der Waals surface area contributed by atoms with E-state index < -0.39 is 0 Å². The smallest absolute Gasteiger partial charge is 0.0675 e. The number of hydrogen-bond donors (Lipinski definition) is 1. The first kappa shape index (κ1) is 9.81. The number of likely N-dealkylation sites (tertiary alicyclic amines) is 1. The van der Waals surface area contributed by atoms with Crippen LogP contribution in [0.2, 0.25) is 0 Å². The molecule has 2 rings (SSSR count). The maximum atomic E-state index is 10.2. The molecule has 2 nitrogen and oxygen atoms in total. The fraction of sp³-hybridized carbons (Fsp3) is 1.00. The second-order valence-corrected chi connectivity index (χ2v) is 5.51. The van der Waals surface area contributed by atoms with Crippen LogP contribution in [0, 0.1) is 0 Å². The van der Waals surface area contributed by atoms with Crippen LogP contribution in [-0.2, 0) is 0 Å². The Kier molecular flexibility index (Phi) is 3.17. The van der Waals surface area contributed by atoms with Crippen molar-refractivity contribution in [2.45, 2.75) is 31.3 Å². The topological polar surface area (TPSA) is 23.5 Å². The minimum absolute atomic E-state index is 0.319. The summed E-state index contributed by atoms with van der Waals surface area (Å²) in [6.07, 6.45) is 4.36. The summed E-state index contributed by atoms with van der Waals surface area (Å²) >= 11 is 1.98. The predicted molar refractivity (Wildman–Crippen MR) is 57.2 cm³/mol. The van der Waals surface area contributed by atoms with Crippen molar-refractivity contribution in [2.24, 2.45) is 0 Å². The average molecular weight is 201 g/mol. The van der Waals surface area contributed by atoms with Gasteiger partial charge in [0.25, 0.3) is 0 Å². The van der Waals surface area contributed by atoms with E-state index in [1.54, 1.807) is 0 Å². The Bertz CT molecular complexity index is 164. The molecule has 0 aromatic carbocycles. The van der Waals surface area contributed by atoms with E-state index in [4.69, 9.17) is 0 Å². The largest absolute Gasteiger partial charge is 0.390 e. The van der Waals surface area contributed by atoms with Crippen molar-refractivity contribution in [3.63, 3.8) is 0 Å². The van der Waals surface area contributed by atoms with Gasteiger partial charge in [0.1, 0.15) is 0 Å². The van der Waals surface area contributed by atoms with Crippen LogP contribution in [0.3, 0.4) is 0 Å². The van der Waals surface area contributed by atoms with Crippen LogP contribution in [0.5, 0.6) is 0 Å². The third-order valence-corrected chi connectivity index (χ3v) is 4.25. The standard InChI is InChI=1S/C10H19NOS/c12-10(3-8-13-9-4-10)2-7-11-5-1-6-11/h12H,1-9H2. The van der Waals surface area contributed by atoms with Crippen molar-refractivity contribution in [2.75, 3.05) is 31.1 Å². The molecule has 0 bridgehead atoms. The van der Waals surface area contributed by atoms with E-state index in [0.29, 0.717) is 0 Å².